The summed E-state index contributed by atoms with van der Waals surface area (Å²) in [5, 5.41) is 3.94. The molecule has 1 atom stereocenters. The molecule has 0 heterocycles. The Morgan fingerprint density at radius 2 is 1.78 bits per heavy atom. The van der Waals surface area contributed by atoms with E-state index in [1.54, 1.807) is 0 Å². The molecule has 98 valence electrons. The fourth-order valence-electron chi connectivity index (χ4n) is 1.18. The lowest BCUT2D eigenvalue weighted by atomic mass is 10.2. The van der Waals surface area contributed by atoms with Crippen LogP contribution in [0.1, 0.15) is 12.5 Å². The van der Waals surface area contributed by atoms with E-state index in [0.717, 1.165) is 14.5 Å². The minimum absolute atomic E-state index is 0.548. The molecule has 0 aliphatic rings. The van der Waals surface area contributed by atoms with Crippen LogP contribution in [-0.4, -0.2) is 17.3 Å². The molecule has 1 aromatic carbocycles. The van der Waals surface area contributed by atoms with Gasteiger partial charge in [-0.2, -0.15) is 0 Å². The van der Waals surface area contributed by atoms with Crippen molar-refractivity contribution < 1.29 is 9.59 Å². The van der Waals surface area contributed by atoms with Gasteiger partial charge in [-0.3, -0.25) is 10.1 Å². The largest absolute Gasteiger partial charge is 0.325 e. The van der Waals surface area contributed by atoms with Crippen molar-refractivity contribution in [3.05, 3.63) is 26.6 Å². The molecule has 1 aromatic rings. The predicted molar refractivity (Wildman–Crippen MR) is 79.1 cm³/mol. The number of nitrogens with one attached hydrogen (secondary N) is 2. The van der Waals surface area contributed by atoms with Gasteiger partial charge in [-0.1, -0.05) is 0 Å². The van der Waals surface area contributed by atoms with Gasteiger partial charge in [0.2, 0.25) is 5.91 Å². The molecule has 4 nitrogen and oxygen atoms in total. The topological polar surface area (TPSA) is 58.2 Å². The maximum atomic E-state index is 11.6. The van der Waals surface area contributed by atoms with Crippen LogP contribution in [0.3, 0.4) is 0 Å². The molecule has 3 amide bonds. The average molecular weight is 398 g/mol. The number of amides is 3. The van der Waals surface area contributed by atoms with Gasteiger partial charge in [0.25, 0.3) is 0 Å². The third-order valence-electron chi connectivity index (χ3n) is 2.02. The Balaban J connectivity index is 2.80. The van der Waals surface area contributed by atoms with E-state index < -0.39 is 17.3 Å². The predicted octanol–water partition coefficient (Wildman–Crippen LogP) is 3.80. The van der Waals surface area contributed by atoms with Crippen molar-refractivity contribution in [2.24, 2.45) is 0 Å². The number of alkyl halides is 1. The Hall–Kier alpha value is -0.590. The number of urea groups is 1. The molecule has 0 fully saturated rings. The highest BCUT2D eigenvalue weighted by Crippen LogP contribution is 2.32. The van der Waals surface area contributed by atoms with Crippen molar-refractivity contribution in [2.75, 3.05) is 5.32 Å². The first-order valence-corrected chi connectivity index (χ1v) is 7.05. The number of benzene rings is 1. The highest BCUT2D eigenvalue weighted by atomic mass is 79.9. The average Bonchev–Trinajstić information content (AvgIpc) is 2.23. The minimum atomic E-state index is -0.763. The standard InChI is InChI=1S/C11H11Br2ClN2O2/c1-5-3-7(12)9(8(13)4-5)15-11(18)16-10(17)6(2)14/h3-4,6H,1-2H3,(H2,15,16,17,18). The summed E-state index contributed by atoms with van der Waals surface area (Å²) in [5.41, 5.74) is 1.58. The van der Waals surface area contributed by atoms with E-state index in [9.17, 15) is 9.59 Å². The zero-order valence-electron chi connectivity index (χ0n) is 9.68. The molecular weight excluding hydrogens is 387 g/mol. The van der Waals surface area contributed by atoms with Gasteiger partial charge in [0.15, 0.2) is 0 Å². The first kappa shape index (κ1) is 15.5. The fourth-order valence-corrected chi connectivity index (χ4v) is 2.84. The first-order valence-electron chi connectivity index (χ1n) is 5.03. The van der Waals surface area contributed by atoms with E-state index in [-0.39, 0.29) is 0 Å². The maximum absolute atomic E-state index is 11.6. The second-order valence-electron chi connectivity index (χ2n) is 3.66. The van der Waals surface area contributed by atoms with Gasteiger partial charge >= 0.3 is 6.03 Å². The van der Waals surface area contributed by atoms with Crippen molar-refractivity contribution in [1.29, 1.82) is 0 Å². The van der Waals surface area contributed by atoms with E-state index in [1.807, 2.05) is 19.1 Å². The van der Waals surface area contributed by atoms with Crippen molar-refractivity contribution in [1.82, 2.24) is 5.32 Å². The SMILES string of the molecule is Cc1cc(Br)c(NC(=O)NC(=O)C(C)Cl)c(Br)c1. The summed E-state index contributed by atoms with van der Waals surface area (Å²) in [4.78, 5) is 22.8. The number of rotatable bonds is 2. The van der Waals surface area contributed by atoms with Crippen molar-refractivity contribution in [3.63, 3.8) is 0 Å². The number of halogens is 3. The molecule has 1 rings (SSSR count). The monoisotopic (exact) mass is 396 g/mol. The summed E-state index contributed by atoms with van der Waals surface area (Å²) in [6.07, 6.45) is 0. The Kier molecular flexibility index (Phi) is 5.62. The highest BCUT2D eigenvalue weighted by molar-refractivity contribution is 9.11. The summed E-state index contributed by atoms with van der Waals surface area (Å²) >= 11 is 12.2. The number of carbonyl (C=O) groups is 2. The third kappa shape index (κ3) is 4.26. The zero-order valence-corrected chi connectivity index (χ0v) is 13.6. The van der Waals surface area contributed by atoms with Crippen LogP contribution < -0.4 is 10.6 Å². The normalized spacial score (nSPS) is 11.8. The summed E-state index contributed by atoms with van der Waals surface area (Å²) in [5.74, 6) is -0.548. The van der Waals surface area contributed by atoms with Crippen molar-refractivity contribution in [3.8, 4) is 0 Å². The number of anilines is 1. The van der Waals surface area contributed by atoms with Crippen LogP contribution in [0, 0.1) is 6.92 Å². The molecule has 0 saturated heterocycles. The molecule has 0 saturated carbocycles. The van der Waals surface area contributed by atoms with E-state index >= 15 is 0 Å². The Morgan fingerprint density at radius 3 is 2.22 bits per heavy atom. The molecule has 0 bridgehead atoms. The first-order chi connectivity index (χ1) is 8.31. The second-order valence-corrected chi connectivity index (χ2v) is 6.03. The van der Waals surface area contributed by atoms with Crippen LogP contribution >= 0.6 is 43.5 Å². The maximum Gasteiger partial charge on any atom is 0.325 e. The molecule has 0 aromatic heterocycles. The van der Waals surface area contributed by atoms with Crippen LogP contribution in [0.2, 0.25) is 0 Å². The van der Waals surface area contributed by atoms with Crippen LogP contribution in [-0.2, 0) is 4.79 Å². The van der Waals surface area contributed by atoms with E-state index in [4.69, 9.17) is 11.6 Å². The smallest absolute Gasteiger partial charge is 0.305 e. The van der Waals surface area contributed by atoms with Crippen LogP contribution in [0.4, 0.5) is 10.5 Å². The lowest BCUT2D eigenvalue weighted by molar-refractivity contribution is -0.119. The van der Waals surface area contributed by atoms with Gasteiger partial charge < -0.3 is 5.32 Å². The summed E-state index contributed by atoms with van der Waals surface area (Å²) in [7, 11) is 0. The molecule has 2 N–H and O–H groups in total. The Bertz CT molecular complexity index is 469. The van der Waals surface area contributed by atoms with E-state index in [2.05, 4.69) is 42.5 Å². The quantitative estimate of drug-likeness (QED) is 0.745. The molecule has 18 heavy (non-hydrogen) atoms. The van der Waals surface area contributed by atoms with Crippen LogP contribution in [0.15, 0.2) is 21.1 Å². The van der Waals surface area contributed by atoms with E-state index in [1.165, 1.54) is 6.92 Å². The van der Waals surface area contributed by atoms with Crippen LogP contribution in [0.25, 0.3) is 0 Å². The third-order valence-corrected chi connectivity index (χ3v) is 3.47. The van der Waals surface area contributed by atoms with Gasteiger partial charge in [-0.05, 0) is 63.4 Å². The molecule has 0 aliphatic carbocycles. The molecule has 1 unspecified atom stereocenters. The summed E-state index contributed by atoms with van der Waals surface area (Å²) < 4.78 is 1.44. The lowest BCUT2D eigenvalue weighted by Gasteiger charge is -2.11. The second kappa shape index (κ2) is 6.54. The molecule has 7 heteroatoms. The van der Waals surface area contributed by atoms with Crippen molar-refractivity contribution in [2.45, 2.75) is 19.2 Å². The number of hydrogen-bond donors (Lipinski definition) is 2. The summed E-state index contributed by atoms with van der Waals surface area (Å²) in [6, 6.07) is 3.08. The number of carbonyl (C=O) groups excluding carboxylic acids is 2. The van der Waals surface area contributed by atoms with Gasteiger partial charge in [0, 0.05) is 8.95 Å². The zero-order chi connectivity index (χ0) is 13.9. The fraction of sp³-hybridized carbons (Fsp3) is 0.273. The Morgan fingerprint density at radius 1 is 1.28 bits per heavy atom. The number of hydrogen-bond acceptors (Lipinski definition) is 2. The molecule has 0 aliphatic heterocycles. The Labute approximate surface area is 127 Å². The van der Waals surface area contributed by atoms with Gasteiger partial charge in [0.1, 0.15) is 5.38 Å². The van der Waals surface area contributed by atoms with Gasteiger partial charge in [-0.25, -0.2) is 4.79 Å². The lowest BCUT2D eigenvalue weighted by Crippen LogP contribution is -2.38. The molecular formula is C11H11Br2ClN2O2. The minimum Gasteiger partial charge on any atom is -0.305 e. The van der Waals surface area contributed by atoms with E-state index in [0.29, 0.717) is 5.69 Å². The summed E-state index contributed by atoms with van der Waals surface area (Å²) in [6.45, 7) is 3.42. The number of aryl methyl sites for hydroxylation is 1. The molecule has 0 spiro atoms. The highest BCUT2D eigenvalue weighted by Gasteiger charge is 2.15. The van der Waals surface area contributed by atoms with Gasteiger partial charge in [-0.15, -0.1) is 11.6 Å². The molecule has 0 radical (unpaired) electrons. The van der Waals surface area contributed by atoms with Crippen molar-refractivity contribution >= 4 is 61.1 Å². The van der Waals surface area contributed by atoms with Gasteiger partial charge in [0.05, 0.1) is 5.69 Å². The van der Waals surface area contributed by atoms with Crippen LogP contribution in [0.5, 0.6) is 0 Å². The number of imide groups is 1.